The Labute approximate surface area is 418 Å². The molecule has 0 aromatic heterocycles. The molecule has 0 aliphatic rings. The van der Waals surface area contributed by atoms with Gasteiger partial charge in [0.2, 0.25) is 0 Å². The fourth-order valence-corrected chi connectivity index (χ4v) is 5.75. The molecule has 7 aromatic rings. The van der Waals surface area contributed by atoms with Crippen LogP contribution < -0.4 is 0 Å². The topological polar surface area (TPSA) is 40.5 Å². The zero-order chi connectivity index (χ0) is 47.3. The Hall–Kier alpha value is -5.95. The van der Waals surface area contributed by atoms with Gasteiger partial charge in [0, 0.05) is 23.6 Å². The van der Waals surface area contributed by atoms with E-state index in [2.05, 4.69) is 175 Å². The van der Waals surface area contributed by atoms with Crippen molar-refractivity contribution in [2.45, 2.75) is 38.9 Å². The van der Waals surface area contributed by atoms with Gasteiger partial charge in [0.15, 0.2) is 0 Å². The van der Waals surface area contributed by atoms with Crippen molar-refractivity contribution in [3.63, 3.8) is 0 Å². The van der Waals surface area contributed by atoms with Gasteiger partial charge in [-0.1, -0.05) is 219 Å². The number of halogens is 3. The second-order valence-corrected chi connectivity index (χ2v) is 18.2. The van der Waals surface area contributed by atoms with E-state index >= 15 is 0 Å². The highest BCUT2D eigenvalue weighted by Crippen LogP contribution is 2.15. The van der Waals surface area contributed by atoms with Crippen LogP contribution in [0.15, 0.2) is 197 Å². The number of benzene rings is 7. The first-order valence-corrected chi connectivity index (χ1v) is 23.3. The Bertz CT molecular complexity index is 2630. The predicted molar refractivity (Wildman–Crippen MR) is 296 cm³/mol. The molecule has 2 nitrogen and oxygen atoms in total. The normalized spacial score (nSPS) is 10.5. The molecule has 0 fully saturated rings. The molecule has 326 valence electrons. The first kappa shape index (κ1) is 53.4. The first-order chi connectivity index (χ1) is 31.1. The van der Waals surface area contributed by atoms with Crippen LogP contribution in [0.2, 0.25) is 0 Å². The van der Waals surface area contributed by atoms with Crippen LogP contribution in [-0.2, 0) is 0 Å². The van der Waals surface area contributed by atoms with Crippen LogP contribution >= 0.6 is 54.5 Å². The molecule has 0 bridgehead atoms. The minimum absolute atomic E-state index is 0.906. The summed E-state index contributed by atoms with van der Waals surface area (Å²) in [5, 5.41) is 18.1. The second-order valence-electron chi connectivity index (χ2n) is 15.1. The lowest BCUT2D eigenvalue weighted by Gasteiger charge is -2.05. The van der Waals surface area contributed by atoms with Gasteiger partial charge in [0.25, 0.3) is 0 Å². The zero-order valence-corrected chi connectivity index (χ0v) is 42.4. The summed E-state index contributed by atoms with van der Waals surface area (Å²) in [7, 11) is 0. The van der Waals surface area contributed by atoms with E-state index in [1.54, 1.807) is 27.7 Å². The lowest BCUT2D eigenvalue weighted by atomic mass is 10.1. The zero-order valence-electron chi connectivity index (χ0n) is 37.0. The molecule has 7 aromatic carbocycles. The maximum Gasteiger partial charge on any atom is 0.120 e. The highest BCUT2D eigenvalue weighted by Gasteiger charge is 2.05. The molecule has 0 heterocycles. The van der Waals surface area contributed by atoms with Crippen molar-refractivity contribution < 1.29 is 10.2 Å². The number of hydrogen-bond donors (Lipinski definition) is 2. The van der Waals surface area contributed by atoms with E-state index in [0.717, 1.165) is 31.2 Å². The smallest absolute Gasteiger partial charge is 0.120 e. The van der Waals surface area contributed by atoms with Crippen LogP contribution in [0.4, 0.5) is 0 Å². The summed E-state index contributed by atoms with van der Waals surface area (Å²) < 4.78 is 3.52. The van der Waals surface area contributed by atoms with Crippen molar-refractivity contribution in [2.75, 3.05) is 0 Å². The molecule has 0 unspecified atom stereocenters. The average molecular weight is 1090 g/mol. The van der Waals surface area contributed by atoms with Crippen molar-refractivity contribution in [1.29, 1.82) is 0 Å². The van der Waals surface area contributed by atoms with E-state index in [-0.39, 0.29) is 0 Å². The van der Waals surface area contributed by atoms with E-state index in [9.17, 15) is 5.11 Å². The minimum Gasteiger partial charge on any atom is -0.378 e. The van der Waals surface area contributed by atoms with Gasteiger partial charge in [-0.05, 0) is 144 Å². The average Bonchev–Trinajstić information content (AvgIpc) is 3.32. The summed E-state index contributed by atoms with van der Waals surface area (Å²) in [6.07, 6.45) is 22.6. The molecule has 0 aliphatic heterocycles. The number of aliphatic hydroxyl groups is 2. The van der Waals surface area contributed by atoms with Gasteiger partial charge in [-0.2, -0.15) is 0 Å². The fourth-order valence-electron chi connectivity index (χ4n) is 4.87. The third-order valence-corrected chi connectivity index (χ3v) is 10.1. The highest BCUT2D eigenvalue weighted by atomic mass is 127. The molecule has 0 radical (unpaired) electrons. The molecular formula is C60H53Br2IO2. The van der Waals surface area contributed by atoms with Gasteiger partial charge in [0.05, 0.1) is 0 Å². The van der Waals surface area contributed by atoms with Gasteiger partial charge >= 0.3 is 0 Å². The number of hydrogen-bond acceptors (Lipinski definition) is 2. The third-order valence-electron chi connectivity index (χ3n) is 8.33. The summed E-state index contributed by atoms with van der Waals surface area (Å²) in [4.78, 5) is 0. The highest BCUT2D eigenvalue weighted by molar-refractivity contribution is 14.1. The van der Waals surface area contributed by atoms with E-state index in [4.69, 9.17) is 18.0 Å². The van der Waals surface area contributed by atoms with Gasteiger partial charge in [-0.15, -0.1) is 12.8 Å². The molecule has 0 aliphatic carbocycles. The molecule has 65 heavy (non-hydrogen) atoms. The summed E-state index contributed by atoms with van der Waals surface area (Å²) in [5.74, 6) is 10.5. The molecule has 0 spiro atoms. The van der Waals surface area contributed by atoms with Crippen LogP contribution in [0.5, 0.6) is 0 Å². The molecular weight excluding hydrogens is 1040 g/mol. The second kappa shape index (κ2) is 29.5. The maximum atomic E-state index is 9.56. The fraction of sp³-hybridized carbons (Fsp3) is 0.100. The minimum atomic E-state index is -0.952. The Balaban J connectivity index is 0.000000228. The van der Waals surface area contributed by atoms with Crippen molar-refractivity contribution in [3.05, 3.63) is 245 Å². The van der Waals surface area contributed by atoms with E-state index < -0.39 is 11.2 Å². The molecule has 0 atom stereocenters. The SMILES string of the molecule is Brc1ccc(/C=C/c2ccccc2)cc1.Brc1ccc(I)cc1.C#CC(C)(C)O.C#Cc1ccc(/C=C/c2ccccc2)cc1.CC(C)(O)C#Cc1ccc(/C=C/c2ccccc2)cc1. The standard InChI is InChI=1S/C19H18O.C16H12.C14H11Br.C6H4BrI.C5H8O/c1-19(2,20)15-14-18-12-10-17(11-13-18)9-8-16-6-4-3-5-7-16;1-2-14-8-10-16(11-9-14)13-12-15-6-4-3-5-7-15;15-14-10-8-13(9-11-14)7-6-12-4-2-1-3-5-12;7-5-1-3-6(8)4-2-5;1-4-5(2,3)6/h3-13,20H,1-2H3;1,3-13H;1-11H;1-4H;1,6H,2-3H3/b9-8+;13-12+;7-6+;;. The lowest BCUT2D eigenvalue weighted by molar-refractivity contribution is 0.143. The van der Waals surface area contributed by atoms with Crippen LogP contribution in [0.25, 0.3) is 36.5 Å². The predicted octanol–water partition coefficient (Wildman–Crippen LogP) is 15.9. The quantitative estimate of drug-likeness (QED) is 0.0990. The Morgan fingerprint density at radius 3 is 0.969 bits per heavy atom. The number of rotatable bonds is 6. The van der Waals surface area contributed by atoms with Crippen molar-refractivity contribution in [1.82, 2.24) is 0 Å². The molecule has 5 heteroatoms. The van der Waals surface area contributed by atoms with Crippen molar-refractivity contribution in [2.24, 2.45) is 0 Å². The molecule has 2 N–H and O–H groups in total. The number of terminal acetylenes is 2. The first-order valence-electron chi connectivity index (χ1n) is 20.6. The van der Waals surface area contributed by atoms with E-state index in [0.29, 0.717) is 0 Å². The maximum absolute atomic E-state index is 9.56. The van der Waals surface area contributed by atoms with Crippen LogP contribution in [0.3, 0.4) is 0 Å². The van der Waals surface area contributed by atoms with E-state index in [1.165, 1.54) is 25.8 Å². The summed E-state index contributed by atoms with van der Waals surface area (Å²) in [5.41, 5.74) is 7.03. The van der Waals surface area contributed by atoms with Crippen molar-refractivity contribution in [3.8, 4) is 36.5 Å². The van der Waals surface area contributed by atoms with E-state index in [1.807, 2.05) is 127 Å². The summed E-state index contributed by atoms with van der Waals surface area (Å²) >= 11 is 9.04. The van der Waals surface area contributed by atoms with Crippen molar-refractivity contribution >= 4 is 90.9 Å². The van der Waals surface area contributed by atoms with Crippen LogP contribution in [-0.4, -0.2) is 21.4 Å². The van der Waals surface area contributed by atoms with Gasteiger partial charge in [-0.25, -0.2) is 0 Å². The summed E-state index contributed by atoms with van der Waals surface area (Å²) in [6.45, 7) is 6.48. The van der Waals surface area contributed by atoms with Gasteiger partial charge in [0.1, 0.15) is 11.2 Å². The van der Waals surface area contributed by atoms with Gasteiger partial charge < -0.3 is 10.2 Å². The molecule has 0 saturated heterocycles. The molecule has 0 amide bonds. The summed E-state index contributed by atoms with van der Waals surface area (Å²) in [6, 6.07) is 63.1. The molecule has 7 rings (SSSR count). The van der Waals surface area contributed by atoms with Crippen LogP contribution in [0, 0.1) is 40.1 Å². The van der Waals surface area contributed by atoms with Crippen LogP contribution in [0.1, 0.15) is 72.2 Å². The lowest BCUT2D eigenvalue weighted by Crippen LogP contribution is -2.14. The Morgan fingerprint density at radius 1 is 0.415 bits per heavy atom. The van der Waals surface area contributed by atoms with Gasteiger partial charge in [-0.3, -0.25) is 0 Å². The third kappa shape index (κ3) is 25.8. The Kier molecular flexibility index (Phi) is 24.2. The molecule has 0 saturated carbocycles. The monoisotopic (exact) mass is 1090 g/mol. The Morgan fingerprint density at radius 2 is 0.692 bits per heavy atom. The largest absolute Gasteiger partial charge is 0.378 e.